The van der Waals surface area contributed by atoms with Gasteiger partial charge in [-0.3, -0.25) is 4.79 Å². The number of hydrogen-bond acceptors (Lipinski definition) is 4. The van der Waals surface area contributed by atoms with Crippen LogP contribution in [0.1, 0.15) is 20.8 Å². The monoisotopic (exact) mass is 338 g/mol. The number of hydrogen-bond donors (Lipinski definition) is 1. The molecule has 1 N–H and O–H groups in total. The largest absolute Gasteiger partial charge is 0.368 e. The number of rotatable bonds is 3. The van der Waals surface area contributed by atoms with Gasteiger partial charge >= 0.3 is 0 Å². The van der Waals surface area contributed by atoms with E-state index < -0.39 is 0 Å². The second-order valence-corrected chi connectivity index (χ2v) is 7.41. The lowest BCUT2D eigenvalue weighted by atomic mass is 9.95. The van der Waals surface area contributed by atoms with E-state index in [0.717, 1.165) is 37.7 Å². The molecule has 1 aliphatic rings. The molecule has 1 saturated heterocycles. The summed E-state index contributed by atoms with van der Waals surface area (Å²) in [7, 11) is 0. The number of benzene rings is 1. The highest BCUT2D eigenvalue weighted by atomic mass is 16.2. The standard InChI is InChI=1S/C20H26N4O/c1-20(2,3)19(25)22-16-7-9-17(10-8-16)23-12-14-24(15-13-23)18-6-4-5-11-21-18/h4-11H,12-15H2,1-3H3,(H,22,25). The van der Waals surface area contributed by atoms with Gasteiger partial charge in [0.15, 0.2) is 0 Å². The summed E-state index contributed by atoms with van der Waals surface area (Å²) in [5.41, 5.74) is 1.64. The Hall–Kier alpha value is -2.56. The Kier molecular flexibility index (Phi) is 4.93. The van der Waals surface area contributed by atoms with E-state index in [0.29, 0.717) is 0 Å². The molecule has 5 nitrogen and oxygen atoms in total. The summed E-state index contributed by atoms with van der Waals surface area (Å²) in [6.45, 7) is 9.58. The molecule has 0 aliphatic carbocycles. The zero-order valence-electron chi connectivity index (χ0n) is 15.2. The minimum atomic E-state index is -0.388. The molecule has 0 saturated carbocycles. The van der Waals surface area contributed by atoms with E-state index >= 15 is 0 Å². The third kappa shape index (κ3) is 4.29. The number of aromatic nitrogens is 1. The normalized spacial score (nSPS) is 15.2. The molecule has 2 heterocycles. The van der Waals surface area contributed by atoms with Crippen molar-refractivity contribution in [3.05, 3.63) is 48.7 Å². The minimum absolute atomic E-state index is 0.0317. The molecule has 0 bridgehead atoms. The molecule has 1 amide bonds. The molecular formula is C20H26N4O. The van der Waals surface area contributed by atoms with Crippen LogP contribution in [-0.4, -0.2) is 37.1 Å². The summed E-state index contributed by atoms with van der Waals surface area (Å²) in [5, 5.41) is 2.97. The highest BCUT2D eigenvalue weighted by molar-refractivity contribution is 5.94. The van der Waals surface area contributed by atoms with Crippen LogP contribution in [0.15, 0.2) is 48.7 Å². The summed E-state index contributed by atoms with van der Waals surface area (Å²) >= 11 is 0. The van der Waals surface area contributed by atoms with Gasteiger partial charge in [0.05, 0.1) is 0 Å². The third-order valence-electron chi connectivity index (χ3n) is 4.42. The summed E-state index contributed by atoms with van der Waals surface area (Å²) < 4.78 is 0. The molecule has 132 valence electrons. The first-order valence-electron chi connectivity index (χ1n) is 8.76. The van der Waals surface area contributed by atoms with Gasteiger partial charge in [-0.25, -0.2) is 4.98 Å². The van der Waals surface area contributed by atoms with E-state index in [1.54, 1.807) is 0 Å². The van der Waals surface area contributed by atoms with Crippen LogP contribution in [0.4, 0.5) is 17.2 Å². The maximum absolute atomic E-state index is 12.1. The SMILES string of the molecule is CC(C)(C)C(=O)Nc1ccc(N2CCN(c3ccccn3)CC2)cc1. The Morgan fingerprint density at radius 1 is 0.960 bits per heavy atom. The molecule has 25 heavy (non-hydrogen) atoms. The van der Waals surface area contributed by atoms with Crippen molar-refractivity contribution in [2.75, 3.05) is 41.3 Å². The number of anilines is 3. The first-order chi connectivity index (χ1) is 11.9. The highest BCUT2D eigenvalue weighted by Gasteiger charge is 2.21. The quantitative estimate of drug-likeness (QED) is 0.932. The van der Waals surface area contributed by atoms with Crippen molar-refractivity contribution in [2.45, 2.75) is 20.8 Å². The maximum Gasteiger partial charge on any atom is 0.229 e. The molecule has 5 heteroatoms. The van der Waals surface area contributed by atoms with E-state index in [4.69, 9.17) is 0 Å². The van der Waals surface area contributed by atoms with E-state index in [2.05, 4.69) is 38.3 Å². The molecule has 1 aromatic carbocycles. The minimum Gasteiger partial charge on any atom is -0.368 e. The van der Waals surface area contributed by atoms with Crippen molar-refractivity contribution in [3.63, 3.8) is 0 Å². The summed E-state index contributed by atoms with van der Waals surface area (Å²) in [6.07, 6.45) is 1.84. The van der Waals surface area contributed by atoms with Gasteiger partial charge in [0.2, 0.25) is 5.91 Å². The second kappa shape index (κ2) is 7.13. The maximum atomic E-state index is 12.1. The molecular weight excluding hydrogens is 312 g/mol. The molecule has 1 fully saturated rings. The van der Waals surface area contributed by atoms with Crippen LogP contribution in [0.5, 0.6) is 0 Å². The van der Waals surface area contributed by atoms with E-state index in [1.165, 1.54) is 5.69 Å². The first kappa shape index (κ1) is 17.3. The van der Waals surface area contributed by atoms with Crippen molar-refractivity contribution in [2.24, 2.45) is 5.41 Å². The smallest absolute Gasteiger partial charge is 0.229 e. The molecule has 0 radical (unpaired) electrons. The highest BCUT2D eigenvalue weighted by Crippen LogP contribution is 2.22. The van der Waals surface area contributed by atoms with Crippen LogP contribution >= 0.6 is 0 Å². The Morgan fingerprint density at radius 3 is 2.16 bits per heavy atom. The van der Waals surface area contributed by atoms with Gasteiger partial charge in [0.25, 0.3) is 0 Å². The van der Waals surface area contributed by atoms with Gasteiger partial charge < -0.3 is 15.1 Å². The number of piperazine rings is 1. The fourth-order valence-electron chi connectivity index (χ4n) is 2.81. The Bertz CT molecular complexity index is 699. The van der Waals surface area contributed by atoms with Crippen molar-refractivity contribution in [3.8, 4) is 0 Å². The fraction of sp³-hybridized carbons (Fsp3) is 0.400. The predicted molar refractivity (Wildman–Crippen MR) is 103 cm³/mol. The molecule has 1 aromatic heterocycles. The van der Waals surface area contributed by atoms with Crippen LogP contribution in [0.3, 0.4) is 0 Å². The van der Waals surface area contributed by atoms with Gasteiger partial charge in [-0.2, -0.15) is 0 Å². The van der Waals surface area contributed by atoms with Crippen molar-refractivity contribution in [1.29, 1.82) is 0 Å². The molecule has 0 unspecified atom stereocenters. The summed E-state index contributed by atoms with van der Waals surface area (Å²) in [6, 6.07) is 14.1. The summed E-state index contributed by atoms with van der Waals surface area (Å²) in [5.74, 6) is 1.08. The lowest BCUT2D eigenvalue weighted by Gasteiger charge is -2.36. The van der Waals surface area contributed by atoms with Gasteiger partial charge in [0.1, 0.15) is 5.82 Å². The van der Waals surface area contributed by atoms with Crippen LogP contribution < -0.4 is 15.1 Å². The number of nitrogens with one attached hydrogen (secondary N) is 1. The lowest BCUT2D eigenvalue weighted by molar-refractivity contribution is -0.123. The first-order valence-corrected chi connectivity index (χ1v) is 8.76. The van der Waals surface area contributed by atoms with Crippen LogP contribution in [0, 0.1) is 5.41 Å². The average Bonchev–Trinajstić information content (AvgIpc) is 2.62. The average molecular weight is 338 g/mol. The zero-order chi connectivity index (χ0) is 17.9. The number of amides is 1. The lowest BCUT2D eigenvalue weighted by Crippen LogP contribution is -2.46. The predicted octanol–water partition coefficient (Wildman–Crippen LogP) is 3.39. The Labute approximate surface area is 149 Å². The molecule has 2 aromatic rings. The number of pyridine rings is 1. The van der Waals surface area contributed by atoms with Gasteiger partial charge in [-0.15, -0.1) is 0 Å². The topological polar surface area (TPSA) is 48.5 Å². The molecule has 3 rings (SSSR count). The molecule has 1 aliphatic heterocycles. The Balaban J connectivity index is 1.58. The summed E-state index contributed by atoms with van der Waals surface area (Å²) in [4.78, 5) is 21.2. The van der Waals surface area contributed by atoms with Crippen LogP contribution in [0.25, 0.3) is 0 Å². The van der Waals surface area contributed by atoms with Crippen molar-refractivity contribution in [1.82, 2.24) is 4.98 Å². The molecule has 0 atom stereocenters. The van der Waals surface area contributed by atoms with Crippen LogP contribution in [0.2, 0.25) is 0 Å². The van der Waals surface area contributed by atoms with E-state index in [1.807, 2.05) is 51.2 Å². The van der Waals surface area contributed by atoms with Crippen molar-refractivity contribution < 1.29 is 4.79 Å². The number of carbonyl (C=O) groups excluding carboxylic acids is 1. The van der Waals surface area contributed by atoms with Crippen LogP contribution in [-0.2, 0) is 4.79 Å². The second-order valence-electron chi connectivity index (χ2n) is 7.41. The number of carbonyl (C=O) groups is 1. The van der Waals surface area contributed by atoms with E-state index in [-0.39, 0.29) is 11.3 Å². The van der Waals surface area contributed by atoms with E-state index in [9.17, 15) is 4.79 Å². The van der Waals surface area contributed by atoms with Gasteiger partial charge in [-0.1, -0.05) is 26.8 Å². The number of nitrogens with zero attached hydrogens (tertiary/aromatic N) is 3. The van der Waals surface area contributed by atoms with Gasteiger partial charge in [0, 0.05) is 49.2 Å². The zero-order valence-corrected chi connectivity index (χ0v) is 15.2. The third-order valence-corrected chi connectivity index (χ3v) is 4.42. The molecule has 0 spiro atoms. The fourth-order valence-corrected chi connectivity index (χ4v) is 2.81. The van der Waals surface area contributed by atoms with Gasteiger partial charge in [-0.05, 0) is 36.4 Å². The Morgan fingerprint density at radius 2 is 1.60 bits per heavy atom. The van der Waals surface area contributed by atoms with Crippen molar-refractivity contribution >= 4 is 23.1 Å².